The fraction of sp³-hybridized carbons (Fsp3) is 0.917. The van der Waals surface area contributed by atoms with Gasteiger partial charge >= 0.3 is 6.03 Å². The number of ether oxygens (including phenoxy) is 1. The van der Waals surface area contributed by atoms with Gasteiger partial charge in [0.1, 0.15) is 0 Å². The predicted molar refractivity (Wildman–Crippen MR) is 65.8 cm³/mol. The maximum Gasteiger partial charge on any atom is 0.317 e. The van der Waals surface area contributed by atoms with Crippen LogP contribution in [0.25, 0.3) is 0 Å². The number of urea groups is 1. The first-order valence-corrected chi connectivity index (χ1v) is 6.60. The van der Waals surface area contributed by atoms with Gasteiger partial charge in [-0.3, -0.25) is 0 Å². The molecule has 0 radical (unpaired) electrons. The maximum absolute atomic E-state index is 11.8. The molecule has 1 unspecified atom stereocenters. The van der Waals surface area contributed by atoms with Crippen molar-refractivity contribution < 1.29 is 9.53 Å². The Labute approximate surface area is 103 Å². The van der Waals surface area contributed by atoms with E-state index in [9.17, 15) is 4.79 Å². The van der Waals surface area contributed by atoms with E-state index < -0.39 is 0 Å². The zero-order chi connectivity index (χ0) is 12.3. The molecule has 98 valence electrons. The third-order valence-corrected chi connectivity index (χ3v) is 3.92. The van der Waals surface area contributed by atoms with Crippen LogP contribution in [0.5, 0.6) is 0 Å². The molecule has 0 aromatic rings. The lowest BCUT2D eigenvalue weighted by Crippen LogP contribution is -2.55. The van der Waals surface area contributed by atoms with Crippen molar-refractivity contribution in [3.63, 3.8) is 0 Å². The van der Waals surface area contributed by atoms with Crippen LogP contribution in [0, 0.1) is 0 Å². The minimum absolute atomic E-state index is 0.0493. The van der Waals surface area contributed by atoms with Crippen LogP contribution in [0.15, 0.2) is 0 Å². The summed E-state index contributed by atoms with van der Waals surface area (Å²) >= 11 is 0. The summed E-state index contributed by atoms with van der Waals surface area (Å²) in [5.41, 5.74) is 5.95. The molecule has 0 saturated carbocycles. The lowest BCUT2D eigenvalue weighted by molar-refractivity contribution is -0.0438. The highest BCUT2D eigenvalue weighted by atomic mass is 16.5. The second-order valence-electron chi connectivity index (χ2n) is 5.03. The Hall–Kier alpha value is -0.810. The van der Waals surface area contributed by atoms with Gasteiger partial charge in [-0.05, 0) is 25.7 Å². The van der Waals surface area contributed by atoms with E-state index in [4.69, 9.17) is 10.5 Å². The van der Waals surface area contributed by atoms with E-state index in [1.54, 1.807) is 0 Å². The van der Waals surface area contributed by atoms with Gasteiger partial charge in [0.25, 0.3) is 0 Å². The van der Waals surface area contributed by atoms with Crippen LogP contribution in [0.4, 0.5) is 4.79 Å². The summed E-state index contributed by atoms with van der Waals surface area (Å²) in [5.74, 6) is 0. The van der Waals surface area contributed by atoms with Gasteiger partial charge in [0.05, 0.1) is 5.60 Å². The Morgan fingerprint density at radius 2 is 2.24 bits per heavy atom. The molecule has 2 rings (SSSR count). The van der Waals surface area contributed by atoms with Crippen molar-refractivity contribution in [1.29, 1.82) is 0 Å². The van der Waals surface area contributed by atoms with Crippen LogP contribution in [0.2, 0.25) is 0 Å². The normalized spacial score (nSPS) is 27.4. The van der Waals surface area contributed by atoms with Gasteiger partial charge in [-0.2, -0.15) is 0 Å². The number of hydrogen-bond acceptors (Lipinski definition) is 3. The Kier molecular flexibility index (Phi) is 3.89. The van der Waals surface area contributed by atoms with E-state index in [1.807, 2.05) is 4.90 Å². The molecule has 2 heterocycles. The predicted octanol–water partition coefficient (Wildman–Crippen LogP) is 0.688. The highest BCUT2D eigenvalue weighted by Crippen LogP contribution is 2.34. The van der Waals surface area contributed by atoms with Crippen LogP contribution in [-0.2, 0) is 4.74 Å². The van der Waals surface area contributed by atoms with E-state index in [0.29, 0.717) is 0 Å². The molecule has 0 aromatic carbocycles. The number of carbonyl (C=O) groups excluding carboxylic acids is 1. The molecule has 17 heavy (non-hydrogen) atoms. The van der Waals surface area contributed by atoms with Gasteiger partial charge in [0.2, 0.25) is 0 Å². The highest BCUT2D eigenvalue weighted by molar-refractivity contribution is 5.74. The molecule has 2 saturated heterocycles. The number of carbonyl (C=O) groups is 1. The van der Waals surface area contributed by atoms with Crippen molar-refractivity contribution in [1.82, 2.24) is 10.2 Å². The molecule has 3 N–H and O–H groups in total. The number of likely N-dealkylation sites (tertiary alicyclic amines) is 1. The Morgan fingerprint density at radius 3 is 2.76 bits per heavy atom. The summed E-state index contributed by atoms with van der Waals surface area (Å²) in [6.07, 6.45) is 3.65. The van der Waals surface area contributed by atoms with Crippen molar-refractivity contribution in [2.24, 2.45) is 5.73 Å². The summed E-state index contributed by atoms with van der Waals surface area (Å²) in [6.45, 7) is 5.07. The van der Waals surface area contributed by atoms with Gasteiger partial charge in [0.15, 0.2) is 0 Å². The second-order valence-corrected chi connectivity index (χ2v) is 5.03. The summed E-state index contributed by atoms with van der Waals surface area (Å²) in [7, 11) is 0. The number of piperidine rings is 1. The number of nitrogens with one attached hydrogen (secondary N) is 1. The quantitative estimate of drug-likeness (QED) is 0.747. The van der Waals surface area contributed by atoms with Crippen LogP contribution in [0.3, 0.4) is 0 Å². The third kappa shape index (κ3) is 2.55. The van der Waals surface area contributed by atoms with E-state index in [-0.39, 0.29) is 17.7 Å². The topological polar surface area (TPSA) is 67.6 Å². The maximum atomic E-state index is 11.8. The van der Waals surface area contributed by atoms with Gasteiger partial charge in [-0.15, -0.1) is 0 Å². The number of hydrogen-bond donors (Lipinski definition) is 2. The number of rotatable bonds is 2. The first-order valence-electron chi connectivity index (χ1n) is 6.60. The van der Waals surface area contributed by atoms with E-state index in [2.05, 4.69) is 12.2 Å². The summed E-state index contributed by atoms with van der Waals surface area (Å²) in [4.78, 5) is 13.7. The molecule has 1 spiro atoms. The SMILES string of the molecule is CCCNC(=O)N1CCC2(CC1)OCCC2N. The summed E-state index contributed by atoms with van der Waals surface area (Å²) in [6, 6.07) is 0.191. The summed E-state index contributed by atoms with van der Waals surface area (Å²) in [5, 5.41) is 2.91. The number of amides is 2. The average Bonchev–Trinajstić information content (AvgIpc) is 2.69. The van der Waals surface area contributed by atoms with Crippen molar-refractivity contribution in [2.45, 2.75) is 44.2 Å². The van der Waals surface area contributed by atoms with Gasteiger partial charge in [0, 0.05) is 32.3 Å². The minimum Gasteiger partial charge on any atom is -0.373 e. The molecule has 0 aromatic heterocycles. The molecular formula is C12H23N3O2. The zero-order valence-corrected chi connectivity index (χ0v) is 10.6. The van der Waals surface area contributed by atoms with Crippen LogP contribution >= 0.6 is 0 Å². The van der Waals surface area contributed by atoms with Crippen LogP contribution < -0.4 is 11.1 Å². The fourth-order valence-corrected chi connectivity index (χ4v) is 2.71. The Bertz CT molecular complexity index is 275. The molecule has 0 aliphatic carbocycles. The van der Waals surface area contributed by atoms with Gasteiger partial charge < -0.3 is 20.7 Å². The fourth-order valence-electron chi connectivity index (χ4n) is 2.71. The smallest absolute Gasteiger partial charge is 0.317 e. The van der Waals surface area contributed by atoms with Crippen molar-refractivity contribution in [2.75, 3.05) is 26.2 Å². The van der Waals surface area contributed by atoms with Crippen LogP contribution in [-0.4, -0.2) is 48.8 Å². The van der Waals surface area contributed by atoms with E-state index >= 15 is 0 Å². The van der Waals surface area contributed by atoms with Crippen molar-refractivity contribution >= 4 is 6.03 Å². The third-order valence-electron chi connectivity index (χ3n) is 3.92. The first-order chi connectivity index (χ1) is 8.18. The van der Waals surface area contributed by atoms with E-state index in [0.717, 1.165) is 51.9 Å². The Balaban J connectivity index is 1.83. The first kappa shape index (κ1) is 12.6. The standard InChI is InChI=1S/C12H23N3O2/c1-2-6-14-11(16)15-7-4-12(5-8-15)10(13)3-9-17-12/h10H,2-9,13H2,1H3,(H,14,16). The Morgan fingerprint density at radius 1 is 1.53 bits per heavy atom. The monoisotopic (exact) mass is 241 g/mol. The number of nitrogens with zero attached hydrogens (tertiary/aromatic N) is 1. The summed E-state index contributed by atoms with van der Waals surface area (Å²) < 4.78 is 5.82. The largest absolute Gasteiger partial charge is 0.373 e. The molecule has 2 aliphatic heterocycles. The lowest BCUT2D eigenvalue weighted by Gasteiger charge is -2.40. The number of nitrogens with two attached hydrogens (primary N) is 1. The zero-order valence-electron chi connectivity index (χ0n) is 10.6. The second kappa shape index (κ2) is 5.23. The molecule has 0 bridgehead atoms. The van der Waals surface area contributed by atoms with Crippen molar-refractivity contribution in [3.05, 3.63) is 0 Å². The molecule has 5 nitrogen and oxygen atoms in total. The molecule has 2 amide bonds. The van der Waals surface area contributed by atoms with Crippen molar-refractivity contribution in [3.8, 4) is 0 Å². The molecular weight excluding hydrogens is 218 g/mol. The molecule has 2 fully saturated rings. The molecule has 1 atom stereocenters. The van der Waals surface area contributed by atoms with Gasteiger partial charge in [-0.25, -0.2) is 4.79 Å². The lowest BCUT2D eigenvalue weighted by atomic mass is 9.85. The molecule has 5 heteroatoms. The van der Waals surface area contributed by atoms with Crippen LogP contribution in [0.1, 0.15) is 32.6 Å². The van der Waals surface area contributed by atoms with Gasteiger partial charge in [-0.1, -0.05) is 6.92 Å². The van der Waals surface area contributed by atoms with E-state index in [1.165, 1.54) is 0 Å². The molecule has 2 aliphatic rings. The minimum atomic E-state index is -0.151. The highest BCUT2D eigenvalue weighted by Gasteiger charge is 2.44. The average molecular weight is 241 g/mol.